The summed E-state index contributed by atoms with van der Waals surface area (Å²) in [6.07, 6.45) is 3.63. The first-order chi connectivity index (χ1) is 13.1. The van der Waals surface area contributed by atoms with Gasteiger partial charge in [-0.15, -0.1) is 0 Å². The van der Waals surface area contributed by atoms with Gasteiger partial charge in [-0.05, 0) is 24.5 Å². The zero-order valence-electron chi connectivity index (χ0n) is 15.0. The summed E-state index contributed by atoms with van der Waals surface area (Å²) in [5.74, 6) is -0.859. The highest BCUT2D eigenvalue weighted by molar-refractivity contribution is 5.89. The van der Waals surface area contributed by atoms with Crippen molar-refractivity contribution in [2.45, 2.75) is 19.3 Å². The molecular formula is C20H23N3O4. The Labute approximate surface area is 158 Å². The van der Waals surface area contributed by atoms with E-state index in [4.69, 9.17) is 9.84 Å². The Bertz CT molecular complexity index is 765. The second kappa shape index (κ2) is 9.02. The number of nitrogens with one attached hydrogen (secondary N) is 1. The van der Waals surface area contributed by atoms with Crippen LogP contribution in [0.2, 0.25) is 0 Å². The van der Waals surface area contributed by atoms with E-state index in [2.05, 4.69) is 10.3 Å². The zero-order valence-corrected chi connectivity index (χ0v) is 15.0. The highest BCUT2D eigenvalue weighted by atomic mass is 16.5. The first kappa shape index (κ1) is 18.7. The molecule has 1 aromatic carbocycles. The molecule has 27 heavy (non-hydrogen) atoms. The zero-order chi connectivity index (χ0) is 19.1. The Morgan fingerprint density at radius 3 is 2.74 bits per heavy atom. The predicted molar refractivity (Wildman–Crippen MR) is 101 cm³/mol. The molecule has 0 radical (unpaired) electrons. The number of amides is 2. The number of piperidine rings is 1. The minimum Gasteiger partial charge on any atom is -0.481 e. The van der Waals surface area contributed by atoms with Crippen molar-refractivity contribution in [1.82, 2.24) is 9.88 Å². The molecule has 0 aliphatic carbocycles. The lowest BCUT2D eigenvalue weighted by Crippen LogP contribution is -2.44. The number of rotatable bonds is 6. The van der Waals surface area contributed by atoms with E-state index in [0.29, 0.717) is 37.6 Å². The molecule has 1 aliphatic heterocycles. The Morgan fingerprint density at radius 2 is 2.04 bits per heavy atom. The first-order valence-electron chi connectivity index (χ1n) is 9.03. The fourth-order valence-electron chi connectivity index (χ4n) is 3.02. The molecule has 142 valence electrons. The lowest BCUT2D eigenvalue weighted by Gasteiger charge is -2.30. The van der Waals surface area contributed by atoms with Crippen LogP contribution in [0.1, 0.15) is 18.4 Å². The quantitative estimate of drug-likeness (QED) is 0.817. The highest BCUT2D eigenvalue weighted by Crippen LogP contribution is 2.18. The number of pyridine rings is 1. The van der Waals surface area contributed by atoms with Crippen molar-refractivity contribution in [2.75, 3.05) is 25.0 Å². The molecular weight excluding hydrogens is 346 g/mol. The summed E-state index contributed by atoms with van der Waals surface area (Å²) < 4.78 is 5.63. The van der Waals surface area contributed by atoms with Crippen molar-refractivity contribution >= 4 is 17.7 Å². The Hall–Kier alpha value is -3.09. The van der Waals surface area contributed by atoms with Gasteiger partial charge in [0.05, 0.1) is 24.4 Å². The molecule has 0 saturated carbocycles. The summed E-state index contributed by atoms with van der Waals surface area (Å²) in [6.45, 7) is 1.31. The topological polar surface area (TPSA) is 91.8 Å². The first-order valence-corrected chi connectivity index (χ1v) is 9.03. The van der Waals surface area contributed by atoms with Crippen LogP contribution < -0.4 is 10.1 Å². The summed E-state index contributed by atoms with van der Waals surface area (Å²) in [5.41, 5.74) is 1.75. The average molecular weight is 369 g/mol. The molecule has 1 fully saturated rings. The van der Waals surface area contributed by atoms with E-state index < -0.39 is 11.9 Å². The fourth-order valence-corrected chi connectivity index (χ4v) is 3.02. The third-order valence-electron chi connectivity index (χ3n) is 4.53. The van der Waals surface area contributed by atoms with Crippen molar-refractivity contribution < 1.29 is 19.4 Å². The van der Waals surface area contributed by atoms with Crippen molar-refractivity contribution in [1.29, 1.82) is 0 Å². The number of urea groups is 1. The number of hydrogen-bond acceptors (Lipinski definition) is 4. The number of anilines is 1. The van der Waals surface area contributed by atoms with Crippen LogP contribution in [0.5, 0.6) is 5.88 Å². The monoisotopic (exact) mass is 369 g/mol. The van der Waals surface area contributed by atoms with Gasteiger partial charge >= 0.3 is 12.0 Å². The molecule has 2 N–H and O–H groups in total. The average Bonchev–Trinajstić information content (AvgIpc) is 2.70. The van der Waals surface area contributed by atoms with Crippen LogP contribution in [-0.2, 0) is 11.2 Å². The van der Waals surface area contributed by atoms with E-state index >= 15 is 0 Å². The molecule has 2 heterocycles. The van der Waals surface area contributed by atoms with Gasteiger partial charge in [0.25, 0.3) is 0 Å². The largest absolute Gasteiger partial charge is 0.481 e. The number of aromatic nitrogens is 1. The molecule has 7 heteroatoms. The van der Waals surface area contributed by atoms with Crippen molar-refractivity contribution in [3.05, 3.63) is 54.2 Å². The fraction of sp³-hybridized carbons (Fsp3) is 0.350. The van der Waals surface area contributed by atoms with Gasteiger partial charge in [-0.25, -0.2) is 9.78 Å². The number of carbonyl (C=O) groups excluding carboxylic acids is 1. The van der Waals surface area contributed by atoms with Gasteiger partial charge in [0, 0.05) is 25.6 Å². The van der Waals surface area contributed by atoms with E-state index in [1.165, 1.54) is 16.7 Å². The number of aliphatic carboxylic acids is 1. The van der Waals surface area contributed by atoms with Gasteiger partial charge in [0.1, 0.15) is 0 Å². The molecule has 1 aliphatic rings. The summed E-state index contributed by atoms with van der Waals surface area (Å²) in [4.78, 5) is 29.2. The summed E-state index contributed by atoms with van der Waals surface area (Å²) in [7, 11) is 0. The number of likely N-dealkylation sites (tertiary alicyclic amines) is 1. The molecule has 1 atom stereocenters. The van der Waals surface area contributed by atoms with E-state index in [0.717, 1.165) is 6.42 Å². The van der Waals surface area contributed by atoms with Crippen LogP contribution in [0.25, 0.3) is 0 Å². The summed E-state index contributed by atoms with van der Waals surface area (Å²) in [5, 5.41) is 11.9. The van der Waals surface area contributed by atoms with Gasteiger partial charge in [0.2, 0.25) is 5.88 Å². The summed E-state index contributed by atoms with van der Waals surface area (Å²) in [6, 6.07) is 13.2. The third-order valence-corrected chi connectivity index (χ3v) is 4.53. The van der Waals surface area contributed by atoms with E-state index in [-0.39, 0.29) is 12.6 Å². The number of carboxylic acids is 1. The maximum atomic E-state index is 12.3. The number of carboxylic acid groups (broad SMARTS) is 1. The maximum Gasteiger partial charge on any atom is 0.321 e. The second-order valence-corrected chi connectivity index (χ2v) is 6.52. The van der Waals surface area contributed by atoms with Crippen molar-refractivity contribution in [3.8, 4) is 5.88 Å². The molecule has 3 rings (SSSR count). The van der Waals surface area contributed by atoms with Gasteiger partial charge in [-0.3, -0.25) is 4.79 Å². The number of hydrogen-bond donors (Lipinski definition) is 2. The molecule has 1 aromatic heterocycles. The van der Waals surface area contributed by atoms with Gasteiger partial charge in [-0.1, -0.05) is 30.3 Å². The molecule has 0 spiro atoms. The lowest BCUT2D eigenvalue weighted by atomic mass is 9.99. The number of ether oxygens (including phenoxy) is 1. The number of nitrogens with zero attached hydrogens (tertiary/aromatic N) is 2. The van der Waals surface area contributed by atoms with E-state index in [1.54, 1.807) is 12.1 Å². The molecule has 1 unspecified atom stereocenters. The maximum absolute atomic E-state index is 12.3. The van der Waals surface area contributed by atoms with Crippen LogP contribution in [-0.4, -0.2) is 46.7 Å². The molecule has 2 aromatic rings. The number of benzene rings is 1. The van der Waals surface area contributed by atoms with Gasteiger partial charge in [-0.2, -0.15) is 0 Å². The van der Waals surface area contributed by atoms with Crippen LogP contribution in [0.3, 0.4) is 0 Å². The van der Waals surface area contributed by atoms with Crippen molar-refractivity contribution in [2.24, 2.45) is 5.92 Å². The SMILES string of the molecule is O=C(O)C1CCCN(C(=O)Nc2ccc(OCCc3ccccc3)nc2)C1. The Balaban J connectivity index is 1.47. The minimum absolute atomic E-state index is 0.231. The second-order valence-electron chi connectivity index (χ2n) is 6.52. The van der Waals surface area contributed by atoms with Crippen LogP contribution in [0, 0.1) is 5.92 Å². The third kappa shape index (κ3) is 5.44. The van der Waals surface area contributed by atoms with Crippen LogP contribution in [0.15, 0.2) is 48.7 Å². The van der Waals surface area contributed by atoms with Gasteiger partial charge in [0.15, 0.2) is 0 Å². The minimum atomic E-state index is -0.855. The normalized spacial score (nSPS) is 16.6. The predicted octanol–water partition coefficient (Wildman–Crippen LogP) is 3.03. The molecule has 1 saturated heterocycles. The van der Waals surface area contributed by atoms with E-state index in [1.807, 2.05) is 30.3 Å². The van der Waals surface area contributed by atoms with Crippen LogP contribution >= 0.6 is 0 Å². The summed E-state index contributed by atoms with van der Waals surface area (Å²) >= 11 is 0. The van der Waals surface area contributed by atoms with Gasteiger partial charge < -0.3 is 20.1 Å². The molecule has 2 amide bonds. The standard InChI is InChI=1S/C20H23N3O4/c24-19(25)16-7-4-11-23(14-16)20(26)22-17-8-9-18(21-13-17)27-12-10-15-5-2-1-3-6-15/h1-3,5-6,8-9,13,16H,4,7,10-12,14H2,(H,22,26)(H,24,25). The highest BCUT2D eigenvalue weighted by Gasteiger charge is 2.28. The molecule has 0 bridgehead atoms. The Kier molecular flexibility index (Phi) is 6.25. The van der Waals surface area contributed by atoms with E-state index in [9.17, 15) is 9.59 Å². The van der Waals surface area contributed by atoms with Crippen LogP contribution in [0.4, 0.5) is 10.5 Å². The lowest BCUT2D eigenvalue weighted by molar-refractivity contribution is -0.143. The molecule has 7 nitrogen and oxygen atoms in total. The Morgan fingerprint density at radius 1 is 1.22 bits per heavy atom. The number of carbonyl (C=O) groups is 2. The van der Waals surface area contributed by atoms with Crippen molar-refractivity contribution in [3.63, 3.8) is 0 Å². The smallest absolute Gasteiger partial charge is 0.321 e.